The van der Waals surface area contributed by atoms with Gasteiger partial charge < -0.3 is 20.6 Å². The molecule has 1 aromatic heterocycles. The van der Waals surface area contributed by atoms with Crippen LogP contribution in [0.5, 0.6) is 0 Å². The van der Waals surface area contributed by atoms with Gasteiger partial charge in [-0.25, -0.2) is 4.39 Å². The lowest BCUT2D eigenvalue weighted by molar-refractivity contribution is -0.137. The summed E-state index contributed by atoms with van der Waals surface area (Å²) in [7, 11) is 0. The molecule has 2 aromatic carbocycles. The molecule has 4 unspecified atom stereocenters. The van der Waals surface area contributed by atoms with E-state index >= 15 is 0 Å². The Morgan fingerprint density at radius 1 is 0.949 bits per heavy atom. The summed E-state index contributed by atoms with van der Waals surface area (Å²) in [5, 5.41) is 15.7. The highest BCUT2D eigenvalue weighted by Gasteiger charge is 2.63. The van der Waals surface area contributed by atoms with E-state index in [0.29, 0.717) is 30.1 Å². The monoisotopic (exact) mass is 552 g/mol. The molecule has 0 radical (unpaired) electrons. The largest absolute Gasteiger partial charge is 0.391 e. The van der Waals surface area contributed by atoms with E-state index in [9.17, 15) is 28.7 Å². The van der Waals surface area contributed by atoms with Gasteiger partial charge in [-0.1, -0.05) is 17.7 Å². The molecule has 1 saturated carbocycles. The van der Waals surface area contributed by atoms with Crippen LogP contribution in [-0.4, -0.2) is 51.5 Å². The Kier molecular flexibility index (Phi) is 7.49. The lowest BCUT2D eigenvalue weighted by Crippen LogP contribution is -2.43. The number of likely N-dealkylation sites (tertiary alicyclic amines) is 1. The number of aliphatic hydroxyl groups excluding tert-OH is 1. The molecule has 1 saturated heterocycles. The van der Waals surface area contributed by atoms with Crippen molar-refractivity contribution < 1.29 is 23.9 Å². The molecule has 3 N–H and O–H groups in total. The molecule has 39 heavy (non-hydrogen) atoms. The number of aromatic nitrogens is 1. The van der Waals surface area contributed by atoms with Gasteiger partial charge >= 0.3 is 0 Å². The van der Waals surface area contributed by atoms with Crippen LogP contribution in [-0.2, 0) is 14.4 Å². The van der Waals surface area contributed by atoms with Gasteiger partial charge in [0, 0.05) is 42.1 Å². The third-order valence-corrected chi connectivity index (χ3v) is 7.29. The average molecular weight is 553 g/mol. The molecule has 3 aromatic rings. The normalized spacial score (nSPS) is 22.2. The van der Waals surface area contributed by atoms with E-state index in [1.807, 2.05) is 0 Å². The van der Waals surface area contributed by atoms with Gasteiger partial charge in [-0.15, -0.1) is 0 Å². The molecule has 0 spiro atoms. The van der Waals surface area contributed by atoms with E-state index in [2.05, 4.69) is 10.6 Å². The molecule has 202 valence electrons. The van der Waals surface area contributed by atoms with E-state index in [0.717, 1.165) is 6.07 Å². The quantitative estimate of drug-likeness (QED) is 0.434. The number of carbonyl (C=O) groups excluding carboxylic acids is 3. The number of anilines is 2. The number of carbonyl (C=O) groups is 3. The summed E-state index contributed by atoms with van der Waals surface area (Å²) in [6.07, 6.45) is 2.01. The van der Waals surface area contributed by atoms with Crippen LogP contribution in [0, 0.1) is 23.6 Å². The third kappa shape index (κ3) is 5.71. The van der Waals surface area contributed by atoms with E-state index in [1.165, 1.54) is 33.9 Å². The number of pyridine rings is 1. The standard InChI is InChI=1S/C28H26ClFN4O5/c29-16-6-8-17(9-7-16)31-26(37)23-24(25(23)28(39)33-12-3-4-19(35)15-33)27(38)32-21-11-10-18(14-20(21)30)34-13-2-1-5-22(34)36/h1-2,5-11,13-14,19,23-25,35H,3-4,12,15H2,(H,31,37)(H,32,38). The Labute approximate surface area is 228 Å². The number of nitrogens with zero attached hydrogens (tertiary/aromatic N) is 2. The van der Waals surface area contributed by atoms with Crippen LogP contribution in [0.15, 0.2) is 71.7 Å². The fourth-order valence-corrected chi connectivity index (χ4v) is 5.13. The average Bonchev–Trinajstić information content (AvgIpc) is 3.67. The first-order valence-corrected chi connectivity index (χ1v) is 12.9. The van der Waals surface area contributed by atoms with E-state index in [-0.39, 0.29) is 23.5 Å². The molecular weight excluding hydrogens is 527 g/mol. The summed E-state index contributed by atoms with van der Waals surface area (Å²) in [6.45, 7) is 0.547. The van der Waals surface area contributed by atoms with Crippen LogP contribution in [0.3, 0.4) is 0 Å². The van der Waals surface area contributed by atoms with Crippen molar-refractivity contribution in [3.8, 4) is 5.69 Å². The molecule has 4 atom stereocenters. The van der Waals surface area contributed by atoms with E-state index in [4.69, 9.17) is 11.6 Å². The Bertz CT molecular complexity index is 1480. The number of hydrogen-bond acceptors (Lipinski definition) is 5. The molecule has 11 heteroatoms. The molecule has 5 rings (SSSR count). The summed E-state index contributed by atoms with van der Waals surface area (Å²) in [5.74, 6) is -5.32. The summed E-state index contributed by atoms with van der Waals surface area (Å²) in [4.78, 5) is 53.3. The van der Waals surface area contributed by atoms with Crippen molar-refractivity contribution in [3.05, 3.63) is 88.1 Å². The number of halogens is 2. The second-order valence-corrected chi connectivity index (χ2v) is 10.2. The van der Waals surface area contributed by atoms with Crippen molar-refractivity contribution in [2.75, 3.05) is 23.7 Å². The first-order chi connectivity index (χ1) is 18.7. The molecule has 1 aliphatic heterocycles. The van der Waals surface area contributed by atoms with Gasteiger partial charge in [0.2, 0.25) is 17.7 Å². The SMILES string of the molecule is O=C(Nc1ccc(Cl)cc1)C1C(C(=O)Nc2ccc(-n3ccccc3=O)cc2F)C1C(=O)N1CCCC(O)C1. The van der Waals surface area contributed by atoms with Crippen molar-refractivity contribution in [1.82, 2.24) is 9.47 Å². The van der Waals surface area contributed by atoms with Gasteiger partial charge in [-0.2, -0.15) is 0 Å². The fraction of sp³-hybridized carbons (Fsp3) is 0.286. The number of β-amino-alcohol motifs (C(OH)–C–C–N with tert-alkyl or cyclic N) is 1. The maximum atomic E-state index is 15.0. The van der Waals surface area contributed by atoms with Crippen molar-refractivity contribution in [3.63, 3.8) is 0 Å². The molecule has 2 heterocycles. The van der Waals surface area contributed by atoms with Crippen molar-refractivity contribution >= 4 is 40.7 Å². The number of hydrogen-bond donors (Lipinski definition) is 3. The Morgan fingerprint density at radius 3 is 2.33 bits per heavy atom. The minimum atomic E-state index is -1.03. The maximum Gasteiger partial charge on any atom is 0.255 e. The first-order valence-electron chi connectivity index (χ1n) is 12.5. The maximum absolute atomic E-state index is 15.0. The predicted molar refractivity (Wildman–Crippen MR) is 143 cm³/mol. The van der Waals surface area contributed by atoms with Gasteiger partial charge in [0.15, 0.2) is 0 Å². The first kappa shape index (κ1) is 26.6. The molecule has 1 aliphatic carbocycles. The lowest BCUT2D eigenvalue weighted by Gasteiger charge is -2.30. The zero-order valence-electron chi connectivity index (χ0n) is 20.7. The van der Waals surface area contributed by atoms with Gasteiger partial charge in [-0.05, 0) is 55.3 Å². The van der Waals surface area contributed by atoms with Gasteiger partial charge in [0.05, 0.1) is 35.2 Å². The third-order valence-electron chi connectivity index (χ3n) is 7.04. The molecule has 9 nitrogen and oxygen atoms in total. The zero-order valence-corrected chi connectivity index (χ0v) is 21.5. The van der Waals surface area contributed by atoms with Crippen molar-refractivity contribution in [2.24, 2.45) is 17.8 Å². The number of aliphatic hydroxyl groups is 1. The molecule has 3 amide bonds. The number of piperidine rings is 1. The van der Waals surface area contributed by atoms with Crippen LogP contribution in [0.1, 0.15) is 12.8 Å². The lowest BCUT2D eigenvalue weighted by atomic mass is 10.1. The van der Waals surface area contributed by atoms with Crippen LogP contribution in [0.4, 0.5) is 15.8 Å². The number of benzene rings is 2. The van der Waals surface area contributed by atoms with Crippen LogP contribution in [0.2, 0.25) is 5.02 Å². The molecular formula is C28H26ClFN4O5. The second kappa shape index (κ2) is 11.0. The number of amides is 3. The summed E-state index contributed by atoms with van der Waals surface area (Å²) >= 11 is 5.91. The van der Waals surface area contributed by atoms with Crippen LogP contribution >= 0.6 is 11.6 Å². The topological polar surface area (TPSA) is 121 Å². The second-order valence-electron chi connectivity index (χ2n) is 9.72. The van der Waals surface area contributed by atoms with Crippen molar-refractivity contribution in [1.29, 1.82) is 0 Å². The summed E-state index contributed by atoms with van der Waals surface area (Å²) < 4.78 is 16.2. The molecule has 2 fully saturated rings. The van der Waals surface area contributed by atoms with Crippen LogP contribution in [0.25, 0.3) is 5.69 Å². The minimum absolute atomic E-state index is 0.129. The molecule has 0 bridgehead atoms. The van der Waals surface area contributed by atoms with Gasteiger partial charge in [0.25, 0.3) is 5.56 Å². The Morgan fingerprint density at radius 2 is 1.67 bits per heavy atom. The van der Waals surface area contributed by atoms with Gasteiger partial charge in [0.1, 0.15) is 5.82 Å². The smallest absolute Gasteiger partial charge is 0.255 e. The summed E-state index contributed by atoms with van der Waals surface area (Å²) in [5.41, 5.74) is 0.244. The zero-order chi connectivity index (χ0) is 27.7. The van der Waals surface area contributed by atoms with Crippen LogP contribution < -0.4 is 16.2 Å². The fourth-order valence-electron chi connectivity index (χ4n) is 5.01. The Balaban J connectivity index is 1.35. The predicted octanol–water partition coefficient (Wildman–Crippen LogP) is 3.05. The highest BCUT2D eigenvalue weighted by Crippen LogP contribution is 2.49. The van der Waals surface area contributed by atoms with E-state index < -0.39 is 47.4 Å². The molecule has 2 aliphatic rings. The highest BCUT2D eigenvalue weighted by atomic mass is 35.5. The van der Waals surface area contributed by atoms with E-state index in [1.54, 1.807) is 36.4 Å². The number of nitrogens with one attached hydrogen (secondary N) is 2. The Hall–Kier alpha value is -4.02. The van der Waals surface area contributed by atoms with Gasteiger partial charge in [-0.3, -0.25) is 23.7 Å². The summed E-state index contributed by atoms with van der Waals surface area (Å²) in [6, 6.07) is 14.9. The highest BCUT2D eigenvalue weighted by molar-refractivity contribution is 6.30. The number of rotatable bonds is 6. The van der Waals surface area contributed by atoms with Crippen molar-refractivity contribution in [2.45, 2.75) is 18.9 Å². The minimum Gasteiger partial charge on any atom is -0.391 e.